The lowest BCUT2D eigenvalue weighted by Crippen LogP contribution is -2.49. The lowest BCUT2D eigenvalue weighted by molar-refractivity contribution is 0.183. The van der Waals surface area contributed by atoms with Crippen molar-refractivity contribution in [2.45, 2.75) is 39.3 Å². The zero-order valence-corrected chi connectivity index (χ0v) is 15.4. The topological polar surface area (TPSA) is 62.5 Å². The van der Waals surface area contributed by atoms with Crippen LogP contribution in [-0.2, 0) is 13.0 Å². The lowest BCUT2D eigenvalue weighted by Gasteiger charge is -2.30. The van der Waals surface area contributed by atoms with Crippen LogP contribution in [0.15, 0.2) is 30.3 Å². The van der Waals surface area contributed by atoms with Crippen molar-refractivity contribution in [3.05, 3.63) is 40.9 Å². The van der Waals surface area contributed by atoms with Gasteiger partial charge in [0.25, 0.3) is 0 Å². The maximum absolute atomic E-state index is 12.4. The summed E-state index contributed by atoms with van der Waals surface area (Å²) in [5.41, 5.74) is 1.97. The lowest BCUT2D eigenvalue weighted by atomic mass is 10.1. The highest BCUT2D eigenvalue weighted by atomic mass is 32.1. The zero-order chi connectivity index (χ0) is 17.6. The van der Waals surface area contributed by atoms with Crippen LogP contribution in [0.25, 0.3) is 16.3 Å². The Morgan fingerprint density at radius 3 is 2.72 bits per heavy atom. The van der Waals surface area contributed by atoms with E-state index >= 15 is 0 Å². The number of nitrogens with zero attached hydrogens (tertiary/aromatic N) is 4. The van der Waals surface area contributed by atoms with E-state index < -0.39 is 0 Å². The number of fused-ring (bicyclic) bond motifs is 3. The average Bonchev–Trinajstić information content (AvgIpc) is 3.11. The zero-order valence-electron chi connectivity index (χ0n) is 14.6. The number of rotatable bonds is 1. The molecule has 0 fully saturated rings. The van der Waals surface area contributed by atoms with Crippen LogP contribution in [0, 0.1) is 0 Å². The van der Waals surface area contributed by atoms with Gasteiger partial charge in [0.05, 0.1) is 12.2 Å². The Labute approximate surface area is 150 Å². The first-order valence-corrected chi connectivity index (χ1v) is 9.22. The molecule has 0 radical (unpaired) electrons. The Bertz CT molecular complexity index is 922. The number of benzene rings is 1. The standard InChI is InChI=1S/C18H21N5OS/c1-18(2,3)20-16(24)22-10-9-13-14(11-22)25-17-19-15(21-23(13)17)12-7-5-4-6-8-12/h4-8H,9-11H2,1-3H3,(H,20,24). The van der Waals surface area contributed by atoms with Crippen LogP contribution in [0.1, 0.15) is 31.3 Å². The van der Waals surface area contributed by atoms with E-state index in [-0.39, 0.29) is 11.6 Å². The number of carbonyl (C=O) groups excluding carboxylic acids is 1. The van der Waals surface area contributed by atoms with Gasteiger partial charge in [-0.05, 0) is 20.8 Å². The molecule has 0 saturated heterocycles. The van der Waals surface area contributed by atoms with Gasteiger partial charge in [-0.15, -0.1) is 5.10 Å². The van der Waals surface area contributed by atoms with E-state index in [2.05, 4.69) is 15.4 Å². The second-order valence-corrected chi connectivity index (χ2v) is 8.38. The van der Waals surface area contributed by atoms with E-state index in [0.717, 1.165) is 22.8 Å². The van der Waals surface area contributed by atoms with E-state index in [1.54, 1.807) is 11.3 Å². The number of nitrogens with one attached hydrogen (secondary N) is 1. The van der Waals surface area contributed by atoms with Gasteiger partial charge in [0.15, 0.2) is 5.82 Å². The molecule has 0 atom stereocenters. The molecule has 1 aliphatic rings. The van der Waals surface area contributed by atoms with Crippen molar-refractivity contribution in [1.82, 2.24) is 24.8 Å². The second-order valence-electron chi connectivity index (χ2n) is 7.32. The molecule has 0 saturated carbocycles. The van der Waals surface area contributed by atoms with Crippen molar-refractivity contribution in [3.63, 3.8) is 0 Å². The number of carbonyl (C=O) groups is 1. The number of hydrogen-bond acceptors (Lipinski definition) is 4. The minimum atomic E-state index is -0.229. The van der Waals surface area contributed by atoms with Crippen LogP contribution >= 0.6 is 11.3 Å². The van der Waals surface area contributed by atoms with Crippen LogP contribution in [0.2, 0.25) is 0 Å². The van der Waals surface area contributed by atoms with Crippen molar-refractivity contribution >= 4 is 22.3 Å². The van der Waals surface area contributed by atoms with Crippen molar-refractivity contribution in [3.8, 4) is 11.4 Å². The summed E-state index contributed by atoms with van der Waals surface area (Å²) in [6.07, 6.45) is 0.796. The van der Waals surface area contributed by atoms with Crippen molar-refractivity contribution in [2.24, 2.45) is 0 Å². The van der Waals surface area contributed by atoms with E-state index in [4.69, 9.17) is 0 Å². The first kappa shape index (κ1) is 16.1. The molecule has 4 rings (SSSR count). The Balaban J connectivity index is 1.59. The fourth-order valence-corrected chi connectivity index (χ4v) is 4.09. The molecule has 1 N–H and O–H groups in total. The molecule has 0 unspecified atom stereocenters. The molecule has 0 bridgehead atoms. The molecule has 1 aliphatic heterocycles. The number of aromatic nitrogens is 3. The number of amides is 2. The Kier molecular flexibility index (Phi) is 3.76. The Morgan fingerprint density at radius 1 is 1.24 bits per heavy atom. The van der Waals surface area contributed by atoms with Crippen LogP contribution in [0.5, 0.6) is 0 Å². The Morgan fingerprint density at radius 2 is 2.00 bits per heavy atom. The van der Waals surface area contributed by atoms with Crippen molar-refractivity contribution in [2.75, 3.05) is 6.54 Å². The summed E-state index contributed by atoms with van der Waals surface area (Å²) in [5, 5.41) is 7.71. The second kappa shape index (κ2) is 5.84. The highest BCUT2D eigenvalue weighted by Crippen LogP contribution is 2.29. The molecule has 6 nitrogen and oxygen atoms in total. The normalized spacial score (nSPS) is 14.6. The molecular weight excluding hydrogens is 334 g/mol. The summed E-state index contributed by atoms with van der Waals surface area (Å²) in [7, 11) is 0. The van der Waals surface area contributed by atoms with E-state index in [9.17, 15) is 4.79 Å². The van der Waals surface area contributed by atoms with E-state index in [1.807, 2.05) is 60.5 Å². The number of thiazole rings is 1. The van der Waals surface area contributed by atoms with Crippen LogP contribution < -0.4 is 5.32 Å². The fourth-order valence-electron chi connectivity index (χ4n) is 2.97. The largest absolute Gasteiger partial charge is 0.333 e. The smallest absolute Gasteiger partial charge is 0.318 e. The average molecular weight is 355 g/mol. The molecule has 3 heterocycles. The van der Waals surface area contributed by atoms with Crippen molar-refractivity contribution in [1.29, 1.82) is 0 Å². The van der Waals surface area contributed by atoms with Crippen molar-refractivity contribution < 1.29 is 4.79 Å². The van der Waals surface area contributed by atoms with Gasteiger partial charge in [-0.2, -0.15) is 4.98 Å². The summed E-state index contributed by atoms with van der Waals surface area (Å²) in [6, 6.07) is 10.00. The predicted molar refractivity (Wildman–Crippen MR) is 98.7 cm³/mol. The monoisotopic (exact) mass is 355 g/mol. The van der Waals surface area contributed by atoms with Gasteiger partial charge in [-0.1, -0.05) is 41.7 Å². The first-order chi connectivity index (χ1) is 11.9. The van der Waals surface area contributed by atoms with Gasteiger partial charge in [-0.3, -0.25) is 0 Å². The number of urea groups is 1. The van der Waals surface area contributed by atoms with E-state index in [1.165, 1.54) is 10.6 Å². The van der Waals surface area contributed by atoms with E-state index in [0.29, 0.717) is 13.1 Å². The molecule has 0 aliphatic carbocycles. The van der Waals surface area contributed by atoms with Gasteiger partial charge >= 0.3 is 6.03 Å². The minimum Gasteiger partial charge on any atom is -0.333 e. The summed E-state index contributed by atoms with van der Waals surface area (Å²) in [6.45, 7) is 7.30. The minimum absolute atomic E-state index is 0.0119. The van der Waals surface area contributed by atoms with Gasteiger partial charge in [-0.25, -0.2) is 9.31 Å². The summed E-state index contributed by atoms with van der Waals surface area (Å²) >= 11 is 1.62. The molecule has 7 heteroatoms. The highest BCUT2D eigenvalue weighted by Gasteiger charge is 2.27. The summed E-state index contributed by atoms with van der Waals surface area (Å²) in [4.78, 5) is 21.0. The Hall–Kier alpha value is -2.41. The molecule has 25 heavy (non-hydrogen) atoms. The molecule has 1 aromatic carbocycles. The summed E-state index contributed by atoms with van der Waals surface area (Å²) in [5.74, 6) is 0.752. The molecule has 2 amide bonds. The molecule has 2 aromatic heterocycles. The third-order valence-electron chi connectivity index (χ3n) is 4.12. The predicted octanol–water partition coefficient (Wildman–Crippen LogP) is 3.32. The highest BCUT2D eigenvalue weighted by molar-refractivity contribution is 7.17. The van der Waals surface area contributed by atoms with Crippen LogP contribution in [0.3, 0.4) is 0 Å². The van der Waals surface area contributed by atoms with Crippen LogP contribution in [0.4, 0.5) is 4.79 Å². The third kappa shape index (κ3) is 3.11. The SMILES string of the molecule is CC(C)(C)NC(=O)N1CCc2c(sc3nc(-c4ccccc4)nn23)C1. The van der Waals surface area contributed by atoms with Crippen LogP contribution in [-0.4, -0.2) is 37.6 Å². The van der Waals surface area contributed by atoms with Gasteiger partial charge in [0.2, 0.25) is 4.96 Å². The first-order valence-electron chi connectivity index (χ1n) is 8.40. The van der Waals surface area contributed by atoms with Gasteiger partial charge in [0, 0.05) is 28.9 Å². The maximum atomic E-state index is 12.4. The molecule has 3 aromatic rings. The van der Waals surface area contributed by atoms with Gasteiger partial charge in [0.1, 0.15) is 0 Å². The number of hydrogen-bond donors (Lipinski definition) is 1. The summed E-state index contributed by atoms with van der Waals surface area (Å²) < 4.78 is 1.95. The fraction of sp³-hybridized carbons (Fsp3) is 0.389. The van der Waals surface area contributed by atoms with Gasteiger partial charge < -0.3 is 10.2 Å². The molecule has 0 spiro atoms. The quantitative estimate of drug-likeness (QED) is 0.728. The molecular formula is C18H21N5OS. The maximum Gasteiger partial charge on any atom is 0.318 e. The molecule has 130 valence electrons. The third-order valence-corrected chi connectivity index (χ3v) is 5.18.